The zero-order valence-electron chi connectivity index (χ0n) is 17.6. The van der Waals surface area contributed by atoms with E-state index in [4.69, 9.17) is 0 Å². The number of hydrogen-bond donors (Lipinski definition) is 1. The zero-order chi connectivity index (χ0) is 19.5. The van der Waals surface area contributed by atoms with Crippen molar-refractivity contribution < 1.29 is 4.79 Å². The summed E-state index contributed by atoms with van der Waals surface area (Å²) in [7, 11) is 3.70. The molecule has 3 aliphatic rings. The monoisotopic (exact) mass is 384 g/mol. The Morgan fingerprint density at radius 1 is 0.964 bits per heavy atom. The molecule has 5 heteroatoms. The van der Waals surface area contributed by atoms with E-state index < -0.39 is 0 Å². The molecule has 0 saturated carbocycles. The van der Waals surface area contributed by atoms with Crippen LogP contribution in [0.1, 0.15) is 49.7 Å². The Balaban J connectivity index is 1.29. The molecular formula is C23H36N4O. The van der Waals surface area contributed by atoms with Crippen LogP contribution in [-0.4, -0.2) is 68.2 Å². The van der Waals surface area contributed by atoms with Gasteiger partial charge in [-0.05, 0) is 68.2 Å². The molecule has 1 aliphatic carbocycles. The van der Waals surface area contributed by atoms with Gasteiger partial charge in [-0.25, -0.2) is 4.79 Å². The number of anilines is 1. The van der Waals surface area contributed by atoms with Gasteiger partial charge in [0.05, 0.1) is 0 Å². The molecule has 154 valence electrons. The molecule has 1 N–H and O–H groups in total. The van der Waals surface area contributed by atoms with Gasteiger partial charge in [-0.1, -0.05) is 12.5 Å². The average molecular weight is 385 g/mol. The molecule has 0 aromatic heterocycles. The van der Waals surface area contributed by atoms with E-state index in [1.165, 1.54) is 50.6 Å². The topological polar surface area (TPSA) is 38.8 Å². The zero-order valence-corrected chi connectivity index (χ0v) is 17.6. The van der Waals surface area contributed by atoms with E-state index in [0.717, 1.165) is 32.6 Å². The number of nitrogens with zero attached hydrogens (tertiary/aromatic N) is 3. The number of carbonyl (C=O) groups is 1. The van der Waals surface area contributed by atoms with Crippen molar-refractivity contribution in [2.75, 3.05) is 45.2 Å². The number of urea groups is 1. The Hall–Kier alpha value is -1.75. The first-order chi connectivity index (χ1) is 13.6. The van der Waals surface area contributed by atoms with Gasteiger partial charge in [-0.15, -0.1) is 0 Å². The van der Waals surface area contributed by atoms with Crippen LogP contribution in [0.4, 0.5) is 10.5 Å². The summed E-state index contributed by atoms with van der Waals surface area (Å²) in [5.41, 5.74) is 4.55. The third-order valence-corrected chi connectivity index (χ3v) is 6.74. The summed E-state index contributed by atoms with van der Waals surface area (Å²) in [4.78, 5) is 18.7. The van der Waals surface area contributed by atoms with Crippen LogP contribution in [-0.2, 0) is 12.8 Å². The Bertz CT molecular complexity index is 681. The normalized spacial score (nSPS) is 23.4. The van der Waals surface area contributed by atoms with Crippen LogP contribution in [0.3, 0.4) is 0 Å². The van der Waals surface area contributed by atoms with E-state index in [1.54, 1.807) is 16.0 Å². The Labute approximate surface area is 170 Å². The van der Waals surface area contributed by atoms with Crippen LogP contribution >= 0.6 is 0 Å². The van der Waals surface area contributed by atoms with Gasteiger partial charge in [0.25, 0.3) is 0 Å². The van der Waals surface area contributed by atoms with Crippen LogP contribution < -0.4 is 10.2 Å². The number of piperidine rings is 1. The predicted octanol–water partition coefficient (Wildman–Crippen LogP) is 3.27. The highest BCUT2D eigenvalue weighted by molar-refractivity contribution is 5.73. The lowest BCUT2D eigenvalue weighted by molar-refractivity contribution is 0.166. The summed E-state index contributed by atoms with van der Waals surface area (Å²) in [6, 6.07) is 8.28. The minimum atomic E-state index is 0.153. The molecule has 5 nitrogen and oxygen atoms in total. The van der Waals surface area contributed by atoms with Crippen molar-refractivity contribution in [1.82, 2.24) is 15.1 Å². The third-order valence-electron chi connectivity index (χ3n) is 6.74. The number of hydrogen-bond acceptors (Lipinski definition) is 3. The van der Waals surface area contributed by atoms with Gasteiger partial charge < -0.3 is 20.0 Å². The van der Waals surface area contributed by atoms with E-state index in [2.05, 4.69) is 28.4 Å². The second-order valence-electron chi connectivity index (χ2n) is 9.05. The average Bonchev–Trinajstić information content (AvgIpc) is 3.05. The van der Waals surface area contributed by atoms with Gasteiger partial charge >= 0.3 is 6.03 Å². The summed E-state index contributed by atoms with van der Waals surface area (Å²) >= 11 is 0. The van der Waals surface area contributed by atoms with Gasteiger partial charge in [0, 0.05) is 58.0 Å². The molecule has 28 heavy (non-hydrogen) atoms. The Morgan fingerprint density at radius 2 is 1.75 bits per heavy atom. The molecular weight excluding hydrogens is 348 g/mol. The van der Waals surface area contributed by atoms with E-state index in [-0.39, 0.29) is 6.03 Å². The molecule has 1 atom stereocenters. The maximum Gasteiger partial charge on any atom is 0.319 e. The molecule has 2 heterocycles. The largest absolute Gasteiger partial charge is 0.371 e. The van der Waals surface area contributed by atoms with E-state index in [9.17, 15) is 4.79 Å². The van der Waals surface area contributed by atoms with Gasteiger partial charge in [0.2, 0.25) is 0 Å². The minimum Gasteiger partial charge on any atom is -0.371 e. The Kier molecular flexibility index (Phi) is 6.10. The second kappa shape index (κ2) is 8.73. The fourth-order valence-corrected chi connectivity index (χ4v) is 5.13. The molecule has 2 aliphatic heterocycles. The summed E-state index contributed by atoms with van der Waals surface area (Å²) in [6.45, 7) is 4.00. The van der Waals surface area contributed by atoms with Crippen molar-refractivity contribution >= 4 is 11.7 Å². The van der Waals surface area contributed by atoms with E-state index in [0.29, 0.717) is 12.1 Å². The lowest BCUT2D eigenvalue weighted by atomic mass is 10.0. The standard InChI is InChI=1S/C23H36N4O/c1-25(2)23(28)27-13-4-3-8-21(17-27)24-20-11-14-26(15-12-20)22-10-9-18-6-5-7-19(18)16-22/h9-10,16,20-21,24H,3-8,11-15,17H2,1-2H3. The predicted molar refractivity (Wildman–Crippen MR) is 115 cm³/mol. The van der Waals surface area contributed by atoms with E-state index in [1.807, 2.05) is 19.0 Å². The smallest absolute Gasteiger partial charge is 0.319 e. The van der Waals surface area contributed by atoms with Crippen LogP contribution in [0.5, 0.6) is 0 Å². The lowest BCUT2D eigenvalue weighted by Gasteiger charge is -2.37. The first kappa shape index (κ1) is 19.6. The highest BCUT2D eigenvalue weighted by Crippen LogP contribution is 2.28. The number of fused-ring (bicyclic) bond motifs is 1. The first-order valence-electron chi connectivity index (χ1n) is 11.2. The highest BCUT2D eigenvalue weighted by atomic mass is 16.2. The number of rotatable bonds is 3. The van der Waals surface area contributed by atoms with Crippen LogP contribution in [0, 0.1) is 0 Å². The third kappa shape index (κ3) is 4.45. The molecule has 1 aromatic rings. The van der Waals surface area contributed by atoms with Crippen molar-refractivity contribution in [1.29, 1.82) is 0 Å². The van der Waals surface area contributed by atoms with Crippen molar-refractivity contribution in [3.05, 3.63) is 29.3 Å². The Morgan fingerprint density at radius 3 is 2.54 bits per heavy atom. The summed E-state index contributed by atoms with van der Waals surface area (Å²) in [5, 5.41) is 3.90. The number of benzene rings is 1. The fourth-order valence-electron chi connectivity index (χ4n) is 5.13. The SMILES string of the molecule is CN(C)C(=O)N1CCCCC(NC2CCN(c3ccc4c(c3)CCC4)CC2)C1. The van der Waals surface area contributed by atoms with Crippen molar-refractivity contribution in [3.63, 3.8) is 0 Å². The van der Waals surface area contributed by atoms with E-state index >= 15 is 0 Å². The number of aryl methyl sites for hydroxylation is 2. The van der Waals surface area contributed by atoms with Gasteiger partial charge in [0.1, 0.15) is 0 Å². The van der Waals surface area contributed by atoms with Gasteiger partial charge in [-0.3, -0.25) is 0 Å². The first-order valence-corrected chi connectivity index (χ1v) is 11.2. The van der Waals surface area contributed by atoms with Gasteiger partial charge in [0.15, 0.2) is 0 Å². The molecule has 1 unspecified atom stereocenters. The van der Waals surface area contributed by atoms with Crippen LogP contribution in [0.2, 0.25) is 0 Å². The highest BCUT2D eigenvalue weighted by Gasteiger charge is 2.27. The summed E-state index contributed by atoms with van der Waals surface area (Å²) in [6.07, 6.45) is 9.73. The molecule has 2 amide bonds. The van der Waals surface area contributed by atoms with Crippen molar-refractivity contribution in [2.24, 2.45) is 0 Å². The quantitative estimate of drug-likeness (QED) is 0.869. The minimum absolute atomic E-state index is 0.153. The van der Waals surface area contributed by atoms with Crippen LogP contribution in [0.25, 0.3) is 0 Å². The number of likely N-dealkylation sites (tertiary alicyclic amines) is 1. The summed E-state index contributed by atoms with van der Waals surface area (Å²) < 4.78 is 0. The molecule has 2 fully saturated rings. The fraction of sp³-hybridized carbons (Fsp3) is 0.696. The molecule has 1 aromatic carbocycles. The maximum atomic E-state index is 12.4. The number of carbonyl (C=O) groups excluding carboxylic acids is 1. The second-order valence-corrected chi connectivity index (χ2v) is 9.05. The molecule has 0 bridgehead atoms. The van der Waals surface area contributed by atoms with Crippen molar-refractivity contribution in [3.8, 4) is 0 Å². The maximum absolute atomic E-state index is 12.4. The molecule has 0 radical (unpaired) electrons. The molecule has 0 spiro atoms. The van der Waals surface area contributed by atoms with Gasteiger partial charge in [-0.2, -0.15) is 0 Å². The molecule has 4 rings (SSSR count). The lowest BCUT2D eigenvalue weighted by Crippen LogP contribution is -2.51. The van der Waals surface area contributed by atoms with Crippen LogP contribution in [0.15, 0.2) is 18.2 Å². The number of nitrogens with one attached hydrogen (secondary N) is 1. The number of amides is 2. The summed E-state index contributed by atoms with van der Waals surface area (Å²) in [5.74, 6) is 0. The molecule has 2 saturated heterocycles. The van der Waals surface area contributed by atoms with Crippen molar-refractivity contribution in [2.45, 2.75) is 63.5 Å².